The Hall–Kier alpha value is 0.210. The van der Waals surface area contributed by atoms with E-state index in [-0.39, 0.29) is 13.2 Å². The van der Waals surface area contributed by atoms with Crippen LogP contribution in [0.1, 0.15) is 13.8 Å². The van der Waals surface area contributed by atoms with Crippen molar-refractivity contribution in [1.29, 1.82) is 0 Å². The van der Waals surface area contributed by atoms with Crippen molar-refractivity contribution in [3.05, 3.63) is 0 Å². The van der Waals surface area contributed by atoms with Gasteiger partial charge in [0.25, 0.3) is 0 Å². The number of hydrogen-bond acceptors (Lipinski definition) is 2. The quantitative estimate of drug-likeness (QED) is 0.593. The van der Waals surface area contributed by atoms with Crippen molar-refractivity contribution in [1.82, 2.24) is 0 Å². The van der Waals surface area contributed by atoms with Crippen molar-refractivity contribution in [2.24, 2.45) is 0 Å². The number of alkyl halides is 2. The van der Waals surface area contributed by atoms with E-state index in [1.165, 1.54) is 0 Å². The molecule has 0 aromatic rings. The first-order chi connectivity index (χ1) is 4.72. The summed E-state index contributed by atoms with van der Waals surface area (Å²) < 4.78 is 33.0. The van der Waals surface area contributed by atoms with Gasteiger partial charge in [0, 0.05) is 0 Å². The smallest absolute Gasteiger partial charge is 0.305 e. The molecule has 0 aromatic heterocycles. The molecule has 0 rings (SSSR count). The van der Waals surface area contributed by atoms with E-state index in [0.717, 1.165) is 0 Å². The number of hydrogen-bond donors (Lipinski definition) is 0. The minimum absolute atomic E-state index is 0.274. The lowest BCUT2D eigenvalue weighted by molar-refractivity contribution is 0.170. The van der Waals surface area contributed by atoms with Crippen LogP contribution in [0.2, 0.25) is 0 Å². The molecule has 0 radical (unpaired) electrons. The molecule has 10 heavy (non-hydrogen) atoms. The van der Waals surface area contributed by atoms with Crippen molar-refractivity contribution in [2.45, 2.75) is 20.0 Å². The van der Waals surface area contributed by atoms with Crippen LogP contribution in [-0.2, 0) is 9.05 Å². The van der Waals surface area contributed by atoms with E-state index in [9.17, 15) is 8.78 Å². The molecule has 5 heteroatoms. The maximum absolute atomic E-state index is 11.9. The van der Waals surface area contributed by atoms with Gasteiger partial charge in [0.15, 0.2) is 0 Å². The Morgan fingerprint density at radius 2 is 1.60 bits per heavy atom. The summed E-state index contributed by atoms with van der Waals surface area (Å²) >= 11 is 0. The van der Waals surface area contributed by atoms with Gasteiger partial charge in [-0.05, 0) is 13.8 Å². The molecule has 0 saturated carbocycles. The maximum Gasteiger partial charge on any atom is 0.305 e. The third kappa shape index (κ3) is 4.09. The van der Waals surface area contributed by atoms with Crippen LogP contribution in [-0.4, -0.2) is 19.4 Å². The monoisotopic (exact) mass is 172 g/mol. The van der Waals surface area contributed by atoms with E-state index in [1.807, 2.05) is 0 Å². The Labute approximate surface area is 60.4 Å². The first-order valence-corrected chi connectivity index (χ1v) is 4.30. The summed E-state index contributed by atoms with van der Waals surface area (Å²) in [6.45, 7) is 3.87. The largest absolute Gasteiger partial charge is 0.330 e. The molecular weight excluding hydrogens is 161 g/mol. The summed E-state index contributed by atoms with van der Waals surface area (Å²) in [5.74, 6) is 0. The van der Waals surface area contributed by atoms with Gasteiger partial charge < -0.3 is 9.05 Å². The number of halogens is 2. The molecule has 0 N–H and O–H groups in total. The molecule has 0 unspecified atom stereocenters. The minimum Gasteiger partial charge on any atom is -0.330 e. The minimum atomic E-state index is -2.49. The van der Waals surface area contributed by atoms with Crippen molar-refractivity contribution < 1.29 is 17.8 Å². The van der Waals surface area contributed by atoms with E-state index >= 15 is 0 Å². The second kappa shape index (κ2) is 5.96. The van der Waals surface area contributed by atoms with Crippen LogP contribution < -0.4 is 0 Å². The molecule has 0 aromatic carbocycles. The van der Waals surface area contributed by atoms with Gasteiger partial charge in [0.2, 0.25) is 8.38 Å². The second-order valence-corrected chi connectivity index (χ2v) is 2.88. The van der Waals surface area contributed by atoms with Gasteiger partial charge in [-0.15, -0.1) is 0 Å². The highest BCUT2D eigenvalue weighted by Crippen LogP contribution is 2.44. The van der Waals surface area contributed by atoms with Crippen LogP contribution in [0.4, 0.5) is 8.78 Å². The predicted molar refractivity (Wildman–Crippen MR) is 36.2 cm³/mol. The predicted octanol–water partition coefficient (Wildman–Crippen LogP) is 2.59. The fourth-order valence-corrected chi connectivity index (χ4v) is 1.21. The van der Waals surface area contributed by atoms with Gasteiger partial charge in [-0.25, -0.2) is 0 Å². The first-order valence-electron chi connectivity index (χ1n) is 3.05. The molecule has 0 amide bonds. The van der Waals surface area contributed by atoms with Gasteiger partial charge in [0.05, 0.1) is 13.2 Å². The summed E-state index contributed by atoms with van der Waals surface area (Å²) in [7, 11) is -1.95. The van der Waals surface area contributed by atoms with Gasteiger partial charge in [0.1, 0.15) is 0 Å². The lowest BCUT2D eigenvalue weighted by Gasteiger charge is -2.13. The van der Waals surface area contributed by atoms with Crippen LogP contribution in [0, 0.1) is 0 Å². The first kappa shape index (κ1) is 10.2. The molecule has 62 valence electrons. The van der Waals surface area contributed by atoms with Crippen molar-refractivity contribution >= 4 is 8.38 Å². The Morgan fingerprint density at radius 1 is 1.20 bits per heavy atom. The Kier molecular flexibility index (Phi) is 6.08. The molecule has 0 aliphatic rings. The van der Waals surface area contributed by atoms with Crippen molar-refractivity contribution in [2.75, 3.05) is 13.2 Å². The lowest BCUT2D eigenvalue weighted by Crippen LogP contribution is -1.97. The van der Waals surface area contributed by atoms with E-state index < -0.39 is 14.5 Å². The van der Waals surface area contributed by atoms with Crippen molar-refractivity contribution in [3.8, 4) is 0 Å². The molecule has 0 spiro atoms. The Balaban J connectivity index is 3.50. The van der Waals surface area contributed by atoms with Gasteiger partial charge >= 0.3 is 6.17 Å². The summed E-state index contributed by atoms with van der Waals surface area (Å²) in [6.07, 6.45) is -2.49. The average molecular weight is 172 g/mol. The molecule has 0 bridgehead atoms. The van der Waals surface area contributed by atoms with Crippen LogP contribution in [0.5, 0.6) is 0 Å². The summed E-state index contributed by atoms with van der Waals surface area (Å²) in [6, 6.07) is 0. The van der Waals surface area contributed by atoms with E-state index in [2.05, 4.69) is 9.05 Å². The van der Waals surface area contributed by atoms with E-state index in [1.54, 1.807) is 13.8 Å². The fraction of sp³-hybridized carbons (Fsp3) is 1.00. The second-order valence-electron chi connectivity index (χ2n) is 1.40. The summed E-state index contributed by atoms with van der Waals surface area (Å²) in [5.41, 5.74) is 0. The maximum atomic E-state index is 11.9. The Bertz CT molecular complexity index is 76.0. The zero-order valence-corrected chi connectivity index (χ0v) is 6.91. The molecule has 0 atom stereocenters. The van der Waals surface area contributed by atoms with Crippen molar-refractivity contribution in [3.63, 3.8) is 0 Å². The molecular formula is C5H11F2O2P. The SMILES string of the molecule is CCOP(OCC)C(F)F. The highest BCUT2D eigenvalue weighted by Gasteiger charge is 2.21. The zero-order valence-electron chi connectivity index (χ0n) is 6.01. The molecule has 0 fully saturated rings. The number of rotatable bonds is 5. The highest BCUT2D eigenvalue weighted by atomic mass is 31.2. The average Bonchev–Trinajstić information content (AvgIpc) is 1.87. The molecule has 2 nitrogen and oxygen atoms in total. The molecule has 0 saturated heterocycles. The van der Waals surface area contributed by atoms with Gasteiger partial charge in [-0.3, -0.25) is 0 Å². The third-order valence-corrected chi connectivity index (χ3v) is 2.02. The zero-order chi connectivity index (χ0) is 7.98. The van der Waals surface area contributed by atoms with Crippen LogP contribution in [0.3, 0.4) is 0 Å². The fourth-order valence-electron chi connectivity index (χ4n) is 0.404. The molecule has 0 aliphatic carbocycles. The van der Waals surface area contributed by atoms with Gasteiger partial charge in [-0.1, -0.05) is 0 Å². The van der Waals surface area contributed by atoms with Crippen LogP contribution in [0.25, 0.3) is 0 Å². The lowest BCUT2D eigenvalue weighted by atomic mass is 10.9. The third-order valence-electron chi connectivity index (χ3n) is 0.672. The highest BCUT2D eigenvalue weighted by molar-refractivity contribution is 7.47. The summed E-state index contributed by atoms with van der Waals surface area (Å²) in [5, 5.41) is 0. The van der Waals surface area contributed by atoms with E-state index in [4.69, 9.17) is 0 Å². The molecule has 0 heterocycles. The standard InChI is InChI=1S/C5H11F2O2P/c1-3-8-10(5(6)7)9-4-2/h5H,3-4H2,1-2H3. The molecule has 0 aliphatic heterocycles. The summed E-state index contributed by atoms with van der Waals surface area (Å²) in [4.78, 5) is 0. The Morgan fingerprint density at radius 3 is 1.80 bits per heavy atom. The topological polar surface area (TPSA) is 18.5 Å². The normalized spacial score (nSPS) is 11.4. The van der Waals surface area contributed by atoms with Crippen LogP contribution in [0.15, 0.2) is 0 Å². The van der Waals surface area contributed by atoms with E-state index in [0.29, 0.717) is 0 Å². The van der Waals surface area contributed by atoms with Gasteiger partial charge in [-0.2, -0.15) is 8.78 Å². The van der Waals surface area contributed by atoms with Crippen LogP contribution >= 0.6 is 8.38 Å².